The van der Waals surface area contributed by atoms with Gasteiger partial charge in [0.25, 0.3) is 0 Å². The van der Waals surface area contributed by atoms with E-state index in [4.69, 9.17) is 0 Å². The number of hydrogen-bond donors (Lipinski definition) is 0. The van der Waals surface area contributed by atoms with Gasteiger partial charge in [0.15, 0.2) is 0 Å². The van der Waals surface area contributed by atoms with E-state index in [0.29, 0.717) is 0 Å². The predicted octanol–water partition coefficient (Wildman–Crippen LogP) is 5.58. The molecule has 102 valence electrons. The molecule has 0 aliphatic carbocycles. The minimum Gasteiger partial charge on any atom is -0.192 e. The zero-order chi connectivity index (χ0) is 14.8. The van der Waals surface area contributed by atoms with E-state index >= 15 is 0 Å². The average Bonchev–Trinajstić information content (AvgIpc) is 2.83. The fourth-order valence-electron chi connectivity index (χ4n) is 2.60. The highest BCUT2D eigenvalue weighted by molar-refractivity contribution is 7.12. The van der Waals surface area contributed by atoms with Crippen molar-refractivity contribution < 1.29 is 0 Å². The first-order valence-electron chi connectivity index (χ1n) is 6.86. The number of aryl methyl sites for hydroxylation is 2. The van der Waals surface area contributed by atoms with Crippen LogP contribution in [-0.2, 0) is 0 Å². The van der Waals surface area contributed by atoms with Crippen molar-refractivity contribution in [3.63, 3.8) is 0 Å². The molecule has 2 heteroatoms. The number of thiophene rings is 1. The lowest BCUT2D eigenvalue weighted by molar-refractivity contribution is 1.51. The predicted molar refractivity (Wildman–Crippen MR) is 91.2 cm³/mol. The number of nitrogens with zero attached hydrogens (tertiary/aromatic N) is 1. The van der Waals surface area contributed by atoms with Crippen molar-refractivity contribution in [1.29, 1.82) is 5.26 Å². The Morgan fingerprint density at radius 1 is 1.10 bits per heavy atom. The van der Waals surface area contributed by atoms with Crippen molar-refractivity contribution in [1.82, 2.24) is 0 Å². The highest BCUT2D eigenvalue weighted by Crippen LogP contribution is 2.29. The lowest BCUT2D eigenvalue weighted by atomic mass is 10.00. The summed E-state index contributed by atoms with van der Waals surface area (Å²) in [6.07, 6.45) is 2.00. The van der Waals surface area contributed by atoms with Crippen LogP contribution in [0.15, 0.2) is 48.5 Å². The molecule has 0 saturated heterocycles. The molecule has 0 saturated carbocycles. The molecule has 1 aromatic heterocycles. The van der Waals surface area contributed by atoms with Crippen molar-refractivity contribution >= 4 is 33.8 Å². The summed E-state index contributed by atoms with van der Waals surface area (Å²) in [5.41, 5.74) is 2.87. The van der Waals surface area contributed by atoms with E-state index < -0.39 is 0 Å². The normalized spacial score (nSPS) is 11.6. The Morgan fingerprint density at radius 3 is 2.57 bits per heavy atom. The van der Waals surface area contributed by atoms with Crippen LogP contribution < -0.4 is 0 Å². The molecule has 0 unspecified atom stereocenters. The summed E-state index contributed by atoms with van der Waals surface area (Å²) in [5.74, 6) is 0. The molecule has 0 spiro atoms. The smallest absolute Gasteiger partial charge is 0.0998 e. The topological polar surface area (TPSA) is 23.8 Å². The lowest BCUT2D eigenvalue weighted by Gasteiger charge is -2.03. The van der Waals surface area contributed by atoms with Gasteiger partial charge in [-0.15, -0.1) is 11.3 Å². The SMILES string of the molecule is Cc1cc(/C(C#N)=C/c2cccc3ccccc23)c(C)s1. The summed E-state index contributed by atoms with van der Waals surface area (Å²) >= 11 is 1.74. The van der Waals surface area contributed by atoms with Crippen molar-refractivity contribution in [2.45, 2.75) is 13.8 Å². The number of nitriles is 1. The quantitative estimate of drug-likeness (QED) is 0.565. The molecule has 0 N–H and O–H groups in total. The molecular formula is C19H15NS. The summed E-state index contributed by atoms with van der Waals surface area (Å²) in [6.45, 7) is 4.15. The molecule has 21 heavy (non-hydrogen) atoms. The Hall–Kier alpha value is -2.37. The molecule has 1 heterocycles. The first kappa shape index (κ1) is 13.6. The molecule has 1 nitrogen and oxygen atoms in total. The molecule has 0 aliphatic rings. The second kappa shape index (κ2) is 5.55. The van der Waals surface area contributed by atoms with Gasteiger partial charge in [0.05, 0.1) is 11.6 Å². The van der Waals surface area contributed by atoms with E-state index in [9.17, 15) is 5.26 Å². The summed E-state index contributed by atoms with van der Waals surface area (Å²) < 4.78 is 0. The van der Waals surface area contributed by atoms with Crippen LogP contribution >= 0.6 is 11.3 Å². The van der Waals surface area contributed by atoms with E-state index in [1.807, 2.05) is 24.3 Å². The van der Waals surface area contributed by atoms with Gasteiger partial charge in [-0.2, -0.15) is 5.26 Å². The molecule has 0 bridgehead atoms. The van der Waals surface area contributed by atoms with Gasteiger partial charge in [0.2, 0.25) is 0 Å². The third-order valence-electron chi connectivity index (χ3n) is 3.57. The fraction of sp³-hybridized carbons (Fsp3) is 0.105. The monoisotopic (exact) mass is 289 g/mol. The van der Waals surface area contributed by atoms with Crippen LogP contribution in [0.3, 0.4) is 0 Å². The van der Waals surface area contributed by atoms with Crippen molar-refractivity contribution in [3.8, 4) is 6.07 Å². The van der Waals surface area contributed by atoms with Crippen molar-refractivity contribution in [2.24, 2.45) is 0 Å². The van der Waals surface area contributed by atoms with Gasteiger partial charge >= 0.3 is 0 Å². The molecular weight excluding hydrogens is 274 g/mol. The van der Waals surface area contributed by atoms with E-state index in [1.165, 1.54) is 20.5 Å². The Kier molecular flexibility index (Phi) is 3.60. The largest absolute Gasteiger partial charge is 0.192 e. The third kappa shape index (κ3) is 2.61. The van der Waals surface area contributed by atoms with Gasteiger partial charge in [-0.25, -0.2) is 0 Å². The van der Waals surface area contributed by atoms with Crippen LogP contribution in [0.1, 0.15) is 20.9 Å². The highest BCUT2D eigenvalue weighted by Gasteiger charge is 2.09. The van der Waals surface area contributed by atoms with E-state index in [2.05, 4.69) is 50.2 Å². The average molecular weight is 289 g/mol. The molecule has 3 rings (SSSR count). The van der Waals surface area contributed by atoms with Crippen LogP contribution in [0, 0.1) is 25.2 Å². The number of fused-ring (bicyclic) bond motifs is 1. The second-order valence-corrected chi connectivity index (χ2v) is 6.53. The van der Waals surface area contributed by atoms with Crippen LogP contribution in [0.2, 0.25) is 0 Å². The maximum Gasteiger partial charge on any atom is 0.0998 e. The summed E-state index contributed by atoms with van der Waals surface area (Å²) in [6, 6.07) is 18.9. The molecule has 0 fully saturated rings. The Balaban J connectivity index is 2.18. The first-order valence-corrected chi connectivity index (χ1v) is 7.67. The van der Waals surface area contributed by atoms with Crippen molar-refractivity contribution in [2.75, 3.05) is 0 Å². The maximum atomic E-state index is 9.53. The zero-order valence-electron chi connectivity index (χ0n) is 12.1. The number of allylic oxidation sites excluding steroid dienone is 1. The summed E-state index contributed by atoms with van der Waals surface area (Å²) in [7, 11) is 0. The van der Waals surface area contributed by atoms with Crippen molar-refractivity contribution in [3.05, 3.63) is 69.4 Å². The van der Waals surface area contributed by atoms with E-state index in [1.54, 1.807) is 11.3 Å². The second-order valence-electron chi connectivity index (χ2n) is 5.07. The molecule has 0 aliphatic heterocycles. The third-order valence-corrected chi connectivity index (χ3v) is 4.54. The van der Waals surface area contributed by atoms with Crippen LogP contribution in [-0.4, -0.2) is 0 Å². The summed E-state index contributed by atoms with van der Waals surface area (Å²) in [5, 5.41) is 11.9. The maximum absolute atomic E-state index is 9.53. The minimum absolute atomic E-state index is 0.730. The molecule has 2 aromatic carbocycles. The Bertz CT molecular complexity index is 873. The molecule has 0 atom stereocenters. The summed E-state index contributed by atoms with van der Waals surface area (Å²) in [4.78, 5) is 2.43. The van der Waals surface area contributed by atoms with Gasteiger partial charge < -0.3 is 0 Å². The van der Waals surface area contributed by atoms with Gasteiger partial charge in [-0.3, -0.25) is 0 Å². The molecule has 0 amide bonds. The fourth-order valence-corrected chi connectivity index (χ4v) is 3.54. The van der Waals surface area contributed by atoms with Gasteiger partial charge in [-0.05, 0) is 42.3 Å². The lowest BCUT2D eigenvalue weighted by Crippen LogP contribution is -1.83. The standard InChI is InChI=1S/C19H15NS/c1-13-10-19(14(2)21-13)17(12-20)11-16-8-5-7-15-6-3-4-9-18(15)16/h3-11H,1-2H3/b17-11+. The number of benzene rings is 2. The highest BCUT2D eigenvalue weighted by atomic mass is 32.1. The number of hydrogen-bond acceptors (Lipinski definition) is 2. The molecule has 3 aromatic rings. The zero-order valence-corrected chi connectivity index (χ0v) is 12.9. The Labute approximate surface area is 128 Å². The Morgan fingerprint density at radius 2 is 1.86 bits per heavy atom. The van der Waals surface area contributed by atoms with Crippen LogP contribution in [0.5, 0.6) is 0 Å². The van der Waals surface area contributed by atoms with E-state index in [0.717, 1.165) is 16.7 Å². The molecule has 0 radical (unpaired) electrons. The van der Waals surface area contributed by atoms with Crippen LogP contribution in [0.4, 0.5) is 0 Å². The van der Waals surface area contributed by atoms with Crippen LogP contribution in [0.25, 0.3) is 22.4 Å². The van der Waals surface area contributed by atoms with E-state index in [-0.39, 0.29) is 0 Å². The van der Waals surface area contributed by atoms with Gasteiger partial charge in [-0.1, -0.05) is 42.5 Å². The van der Waals surface area contributed by atoms with Gasteiger partial charge in [0.1, 0.15) is 0 Å². The number of rotatable bonds is 2. The van der Waals surface area contributed by atoms with Gasteiger partial charge in [0, 0.05) is 15.3 Å². The first-order chi connectivity index (χ1) is 10.2. The minimum atomic E-state index is 0.730.